The number of nitrogens with zero attached hydrogens (tertiary/aromatic N) is 2. The molecule has 0 bridgehead atoms. The van der Waals surface area contributed by atoms with Crippen molar-refractivity contribution in [2.45, 2.75) is 59.1 Å². The Kier molecular flexibility index (Phi) is 5.08. The summed E-state index contributed by atoms with van der Waals surface area (Å²) in [7, 11) is 0. The van der Waals surface area contributed by atoms with E-state index in [1.807, 2.05) is 18.7 Å². The average Bonchev–Trinajstić information content (AvgIpc) is 2.80. The molecule has 2 rings (SSSR count). The maximum Gasteiger partial charge on any atom is 0.248 e. The van der Waals surface area contributed by atoms with Gasteiger partial charge >= 0.3 is 0 Å². The van der Waals surface area contributed by atoms with Crippen LogP contribution in [0.1, 0.15) is 47.0 Å². The molecule has 2 heterocycles. The van der Waals surface area contributed by atoms with Gasteiger partial charge in [0.15, 0.2) is 0 Å². The van der Waals surface area contributed by atoms with E-state index < -0.39 is 0 Å². The molecule has 4 heteroatoms. The third kappa shape index (κ3) is 3.73. The van der Waals surface area contributed by atoms with Crippen LogP contribution in [-0.4, -0.2) is 60.6 Å². The maximum atomic E-state index is 12.1. The number of hydrogen-bond donors (Lipinski definition) is 0. The highest BCUT2D eigenvalue weighted by Gasteiger charge is 2.42. The van der Waals surface area contributed by atoms with E-state index in [0.717, 1.165) is 13.1 Å². The van der Waals surface area contributed by atoms with Crippen molar-refractivity contribution in [3.05, 3.63) is 0 Å². The summed E-state index contributed by atoms with van der Waals surface area (Å²) in [6.45, 7) is 13.0. The summed E-state index contributed by atoms with van der Waals surface area (Å²) in [6.07, 6.45) is 3.77. The third-order valence-electron chi connectivity index (χ3n) is 4.92. The van der Waals surface area contributed by atoms with Crippen molar-refractivity contribution in [3.63, 3.8) is 0 Å². The van der Waals surface area contributed by atoms with E-state index in [1.54, 1.807) is 0 Å². The molecule has 0 aliphatic carbocycles. The fourth-order valence-electron chi connectivity index (χ4n) is 3.40. The zero-order chi connectivity index (χ0) is 14.8. The zero-order valence-corrected chi connectivity index (χ0v) is 13.5. The Hall–Kier alpha value is -0.610. The monoisotopic (exact) mass is 282 g/mol. The summed E-state index contributed by atoms with van der Waals surface area (Å²) in [5, 5.41) is 0. The van der Waals surface area contributed by atoms with Crippen LogP contribution in [0.15, 0.2) is 0 Å². The molecule has 2 aliphatic rings. The Balaban J connectivity index is 1.82. The minimum atomic E-state index is 0.129. The first-order valence-corrected chi connectivity index (χ1v) is 8.05. The zero-order valence-electron chi connectivity index (χ0n) is 13.5. The lowest BCUT2D eigenvalue weighted by Crippen LogP contribution is -2.45. The first kappa shape index (κ1) is 15.8. The van der Waals surface area contributed by atoms with Gasteiger partial charge in [-0.25, -0.2) is 0 Å². The second-order valence-electron chi connectivity index (χ2n) is 7.05. The van der Waals surface area contributed by atoms with Crippen molar-refractivity contribution >= 4 is 5.91 Å². The van der Waals surface area contributed by atoms with Crippen LogP contribution in [0.3, 0.4) is 0 Å². The van der Waals surface area contributed by atoms with Crippen LogP contribution in [0, 0.1) is 5.41 Å². The van der Waals surface area contributed by atoms with Crippen molar-refractivity contribution in [2.24, 2.45) is 5.41 Å². The van der Waals surface area contributed by atoms with Crippen LogP contribution in [0.5, 0.6) is 0 Å². The molecule has 116 valence electrons. The SMILES string of the molecule is CC(C)OCC(=O)N1CCC2(CCN(C(C)C)CC2)C1. The summed E-state index contributed by atoms with van der Waals surface area (Å²) in [5.41, 5.74) is 0.388. The highest BCUT2D eigenvalue weighted by atomic mass is 16.5. The molecular formula is C16H30N2O2. The molecule has 1 amide bonds. The molecule has 2 aliphatic heterocycles. The van der Waals surface area contributed by atoms with Crippen molar-refractivity contribution in [1.82, 2.24) is 9.80 Å². The van der Waals surface area contributed by atoms with Gasteiger partial charge in [0, 0.05) is 19.1 Å². The quantitative estimate of drug-likeness (QED) is 0.792. The van der Waals surface area contributed by atoms with Gasteiger partial charge < -0.3 is 14.5 Å². The maximum absolute atomic E-state index is 12.1. The van der Waals surface area contributed by atoms with E-state index in [2.05, 4.69) is 18.7 Å². The molecule has 20 heavy (non-hydrogen) atoms. The van der Waals surface area contributed by atoms with E-state index in [9.17, 15) is 4.79 Å². The van der Waals surface area contributed by atoms with Gasteiger partial charge in [-0.1, -0.05) is 0 Å². The van der Waals surface area contributed by atoms with E-state index in [-0.39, 0.29) is 18.6 Å². The van der Waals surface area contributed by atoms with Gasteiger partial charge in [0.25, 0.3) is 0 Å². The lowest BCUT2D eigenvalue weighted by atomic mass is 9.77. The van der Waals surface area contributed by atoms with Crippen LogP contribution >= 0.6 is 0 Å². The highest BCUT2D eigenvalue weighted by molar-refractivity contribution is 5.77. The van der Waals surface area contributed by atoms with Crippen molar-refractivity contribution < 1.29 is 9.53 Å². The number of likely N-dealkylation sites (tertiary alicyclic amines) is 2. The lowest BCUT2D eigenvalue weighted by molar-refractivity contribution is -0.137. The van der Waals surface area contributed by atoms with Gasteiger partial charge in [0.05, 0.1) is 6.10 Å². The molecule has 0 atom stereocenters. The van der Waals surface area contributed by atoms with Crippen LogP contribution < -0.4 is 0 Å². The van der Waals surface area contributed by atoms with Gasteiger partial charge in [-0.15, -0.1) is 0 Å². The summed E-state index contributed by atoms with van der Waals surface area (Å²) in [6, 6.07) is 0.644. The molecule has 0 N–H and O–H groups in total. The number of rotatable bonds is 4. The Morgan fingerprint density at radius 2 is 1.70 bits per heavy atom. The molecule has 0 aromatic carbocycles. The Morgan fingerprint density at radius 3 is 2.25 bits per heavy atom. The number of hydrogen-bond acceptors (Lipinski definition) is 3. The van der Waals surface area contributed by atoms with E-state index >= 15 is 0 Å². The Morgan fingerprint density at radius 1 is 1.10 bits per heavy atom. The Bertz CT molecular complexity index is 333. The average molecular weight is 282 g/mol. The summed E-state index contributed by atoms with van der Waals surface area (Å²) in [5.74, 6) is 0.168. The van der Waals surface area contributed by atoms with Crippen molar-refractivity contribution in [3.8, 4) is 0 Å². The third-order valence-corrected chi connectivity index (χ3v) is 4.92. The molecule has 0 aromatic rings. The summed E-state index contributed by atoms with van der Waals surface area (Å²) in [4.78, 5) is 16.7. The van der Waals surface area contributed by atoms with Crippen LogP contribution in [0.4, 0.5) is 0 Å². The topological polar surface area (TPSA) is 32.8 Å². The van der Waals surface area contributed by atoms with Gasteiger partial charge in [0.1, 0.15) is 6.61 Å². The first-order valence-electron chi connectivity index (χ1n) is 8.05. The number of carbonyl (C=O) groups excluding carboxylic acids is 1. The molecule has 2 fully saturated rings. The fourth-order valence-corrected chi connectivity index (χ4v) is 3.40. The largest absolute Gasteiger partial charge is 0.369 e. The summed E-state index contributed by atoms with van der Waals surface area (Å²) >= 11 is 0. The second kappa shape index (κ2) is 6.44. The van der Waals surface area contributed by atoms with Crippen LogP contribution in [0.2, 0.25) is 0 Å². The molecule has 0 saturated carbocycles. The number of piperidine rings is 1. The molecule has 4 nitrogen and oxygen atoms in total. The second-order valence-corrected chi connectivity index (χ2v) is 7.05. The first-order chi connectivity index (χ1) is 9.42. The highest BCUT2D eigenvalue weighted by Crippen LogP contribution is 2.40. The van der Waals surface area contributed by atoms with E-state index in [0.29, 0.717) is 11.5 Å². The van der Waals surface area contributed by atoms with Crippen LogP contribution in [-0.2, 0) is 9.53 Å². The number of amides is 1. The van der Waals surface area contributed by atoms with Gasteiger partial charge in [-0.2, -0.15) is 0 Å². The predicted octanol–water partition coefficient (Wildman–Crippen LogP) is 2.13. The molecule has 1 spiro atoms. The fraction of sp³-hybridized carbons (Fsp3) is 0.938. The number of carbonyl (C=O) groups is 1. The molecule has 0 unspecified atom stereocenters. The Labute approximate surface area is 123 Å². The smallest absolute Gasteiger partial charge is 0.248 e. The predicted molar refractivity (Wildman–Crippen MR) is 80.7 cm³/mol. The molecule has 2 saturated heterocycles. The minimum Gasteiger partial charge on any atom is -0.369 e. The molecular weight excluding hydrogens is 252 g/mol. The number of ether oxygens (including phenoxy) is 1. The van der Waals surface area contributed by atoms with Crippen LogP contribution in [0.25, 0.3) is 0 Å². The normalized spacial score (nSPS) is 23.2. The van der Waals surface area contributed by atoms with Crippen molar-refractivity contribution in [2.75, 3.05) is 32.8 Å². The van der Waals surface area contributed by atoms with Crippen molar-refractivity contribution in [1.29, 1.82) is 0 Å². The minimum absolute atomic E-state index is 0.129. The van der Waals surface area contributed by atoms with E-state index in [1.165, 1.54) is 32.4 Å². The van der Waals surface area contributed by atoms with Gasteiger partial charge in [-0.3, -0.25) is 4.79 Å². The standard InChI is InChI=1S/C16H30N2O2/c1-13(2)17-8-5-16(6-9-17)7-10-18(12-16)15(19)11-20-14(3)4/h13-14H,5-12H2,1-4H3. The molecule has 0 radical (unpaired) electrons. The van der Waals surface area contributed by atoms with E-state index in [4.69, 9.17) is 4.74 Å². The summed E-state index contributed by atoms with van der Waals surface area (Å²) < 4.78 is 5.44. The van der Waals surface area contributed by atoms with Gasteiger partial charge in [-0.05, 0) is 65.5 Å². The molecule has 0 aromatic heterocycles. The lowest BCUT2D eigenvalue weighted by Gasteiger charge is -2.41. The van der Waals surface area contributed by atoms with Gasteiger partial charge in [0.2, 0.25) is 5.91 Å².